The van der Waals surface area contributed by atoms with Gasteiger partial charge in [0.2, 0.25) is 0 Å². The first kappa shape index (κ1) is 18.8. The molecule has 1 heterocycles. The molecule has 2 atom stereocenters. The predicted octanol–water partition coefficient (Wildman–Crippen LogP) is 2.24. The Balaban J connectivity index is 2.52. The van der Waals surface area contributed by atoms with Crippen molar-refractivity contribution in [1.82, 2.24) is 9.13 Å². The molecule has 0 aliphatic heterocycles. The van der Waals surface area contributed by atoms with Gasteiger partial charge in [0, 0.05) is 38.1 Å². The average Bonchev–Trinajstić information content (AvgIpc) is 2.61. The first-order valence-electron chi connectivity index (χ1n) is 7.89. The van der Waals surface area contributed by atoms with E-state index in [-0.39, 0.29) is 17.5 Å². The molecule has 25 heavy (non-hydrogen) atoms. The number of hydrogen-bond acceptors (Lipinski definition) is 4. The third-order valence-electron chi connectivity index (χ3n) is 4.81. The van der Waals surface area contributed by atoms with Gasteiger partial charge in [0.15, 0.2) is 5.56 Å². The summed E-state index contributed by atoms with van der Waals surface area (Å²) in [6.07, 6.45) is 0. The van der Waals surface area contributed by atoms with Crippen molar-refractivity contribution in [3.05, 3.63) is 61.3 Å². The van der Waals surface area contributed by atoms with E-state index in [1.54, 1.807) is 19.0 Å². The molecule has 0 saturated heterocycles. The van der Waals surface area contributed by atoms with Gasteiger partial charge in [0.05, 0.1) is 0 Å². The lowest BCUT2D eigenvalue weighted by Crippen LogP contribution is -2.44. The third kappa shape index (κ3) is 3.33. The first-order chi connectivity index (χ1) is 11.7. The molecule has 1 aromatic heterocycles. The molecule has 0 saturated carbocycles. The first-order valence-corrected chi connectivity index (χ1v) is 8.26. The molecule has 2 rings (SSSR count). The summed E-state index contributed by atoms with van der Waals surface area (Å²) in [4.78, 5) is 26.3. The summed E-state index contributed by atoms with van der Waals surface area (Å²) in [5.41, 5.74) is -0.00524. The number of rotatable bonds is 4. The Hall–Kier alpha value is -2.52. The number of anilines is 1. The van der Waals surface area contributed by atoms with Crippen molar-refractivity contribution in [3.63, 3.8) is 0 Å². The van der Waals surface area contributed by atoms with Gasteiger partial charge in [0.1, 0.15) is 11.9 Å². The summed E-state index contributed by atoms with van der Waals surface area (Å²) >= 11 is 5.94. The van der Waals surface area contributed by atoms with Crippen molar-refractivity contribution in [2.75, 3.05) is 11.9 Å². The van der Waals surface area contributed by atoms with E-state index in [4.69, 9.17) is 11.6 Å². The van der Waals surface area contributed by atoms with Crippen molar-refractivity contribution in [3.8, 4) is 6.07 Å². The van der Waals surface area contributed by atoms with Crippen molar-refractivity contribution < 1.29 is 0 Å². The van der Waals surface area contributed by atoms with Crippen LogP contribution in [0.1, 0.15) is 30.9 Å². The Bertz CT molecular complexity index is 938. The van der Waals surface area contributed by atoms with Crippen LogP contribution in [0.3, 0.4) is 0 Å². The molecule has 0 spiro atoms. The molecule has 2 aromatic rings. The van der Waals surface area contributed by atoms with Crippen LogP contribution in [-0.4, -0.2) is 22.2 Å². The molecule has 0 fully saturated rings. The molecular weight excluding hydrogens is 340 g/mol. The lowest BCUT2D eigenvalue weighted by Gasteiger charge is -2.33. The highest BCUT2D eigenvalue weighted by molar-refractivity contribution is 6.30. The van der Waals surface area contributed by atoms with Crippen LogP contribution in [0.4, 0.5) is 5.82 Å². The number of aromatic nitrogens is 2. The third-order valence-corrected chi connectivity index (χ3v) is 5.06. The van der Waals surface area contributed by atoms with Crippen LogP contribution in [0.25, 0.3) is 0 Å². The van der Waals surface area contributed by atoms with Crippen LogP contribution in [-0.2, 0) is 14.1 Å². The van der Waals surface area contributed by atoms with Gasteiger partial charge < -0.3 is 4.90 Å². The van der Waals surface area contributed by atoms with Crippen molar-refractivity contribution >= 4 is 17.4 Å². The van der Waals surface area contributed by atoms with Crippen LogP contribution in [0.2, 0.25) is 5.02 Å². The quantitative estimate of drug-likeness (QED) is 0.838. The number of halogens is 1. The van der Waals surface area contributed by atoms with Gasteiger partial charge in [-0.1, -0.05) is 30.7 Å². The van der Waals surface area contributed by atoms with E-state index in [0.29, 0.717) is 10.8 Å². The summed E-state index contributed by atoms with van der Waals surface area (Å²) in [6, 6.07) is 9.44. The number of hydrogen-bond donors (Lipinski definition) is 0. The minimum Gasteiger partial charge on any atom is -0.356 e. The zero-order valence-electron chi connectivity index (χ0n) is 14.9. The van der Waals surface area contributed by atoms with E-state index in [1.165, 1.54) is 11.6 Å². The Morgan fingerprint density at radius 1 is 1.12 bits per heavy atom. The van der Waals surface area contributed by atoms with Gasteiger partial charge in [-0.15, -0.1) is 0 Å². The van der Waals surface area contributed by atoms with Crippen molar-refractivity contribution in [1.29, 1.82) is 5.26 Å². The molecule has 132 valence electrons. The Labute approximate surface area is 151 Å². The van der Waals surface area contributed by atoms with Gasteiger partial charge in [-0.05, 0) is 24.6 Å². The lowest BCUT2D eigenvalue weighted by molar-refractivity contribution is 0.557. The van der Waals surface area contributed by atoms with Gasteiger partial charge in [-0.2, -0.15) is 5.26 Å². The summed E-state index contributed by atoms with van der Waals surface area (Å²) in [5, 5.41) is 10.1. The fourth-order valence-electron chi connectivity index (χ4n) is 2.92. The molecule has 6 nitrogen and oxygen atoms in total. The second kappa shape index (κ2) is 7.16. The van der Waals surface area contributed by atoms with Crippen molar-refractivity contribution in [2.24, 2.45) is 14.1 Å². The number of nitriles is 1. The van der Waals surface area contributed by atoms with Crippen LogP contribution in [0, 0.1) is 11.3 Å². The second-order valence-electron chi connectivity index (χ2n) is 6.21. The zero-order chi connectivity index (χ0) is 18.9. The summed E-state index contributed by atoms with van der Waals surface area (Å²) < 4.78 is 2.29. The maximum Gasteiger partial charge on any atom is 0.332 e. The minimum absolute atomic E-state index is 0.0396. The SMILES string of the molecule is CC(c1ccc(Cl)cc1)C(C)N(C)c1c(C#N)c(=O)n(C)c(=O)n1C. The van der Waals surface area contributed by atoms with E-state index in [1.807, 2.05) is 37.3 Å². The summed E-state index contributed by atoms with van der Waals surface area (Å²) in [6.45, 7) is 4.04. The Morgan fingerprint density at radius 3 is 2.20 bits per heavy atom. The molecule has 2 unspecified atom stereocenters. The molecule has 0 amide bonds. The standard InChI is InChI=1S/C18H21ClN4O2/c1-11(13-6-8-14(19)9-7-13)12(2)21(3)16-15(10-20)17(24)23(5)18(25)22(16)4/h6-9,11-12H,1-5H3. The van der Waals surface area contributed by atoms with E-state index in [9.17, 15) is 14.9 Å². The fourth-order valence-corrected chi connectivity index (χ4v) is 3.04. The topological polar surface area (TPSA) is 71.0 Å². The van der Waals surface area contributed by atoms with Gasteiger partial charge in [0.25, 0.3) is 5.56 Å². The monoisotopic (exact) mass is 360 g/mol. The molecule has 1 aromatic carbocycles. The second-order valence-corrected chi connectivity index (χ2v) is 6.64. The van der Waals surface area contributed by atoms with Gasteiger partial charge in [-0.3, -0.25) is 13.9 Å². The average molecular weight is 361 g/mol. The van der Waals surface area contributed by atoms with Crippen LogP contribution in [0.5, 0.6) is 0 Å². The van der Waals surface area contributed by atoms with E-state index >= 15 is 0 Å². The fraction of sp³-hybridized carbons (Fsp3) is 0.389. The summed E-state index contributed by atoms with van der Waals surface area (Å²) in [7, 11) is 4.72. The molecular formula is C18H21ClN4O2. The molecule has 0 radical (unpaired) electrons. The predicted molar refractivity (Wildman–Crippen MR) is 99.4 cm³/mol. The highest BCUT2D eigenvalue weighted by Crippen LogP contribution is 2.27. The Morgan fingerprint density at radius 2 is 1.68 bits per heavy atom. The van der Waals surface area contributed by atoms with Crippen LogP contribution < -0.4 is 16.1 Å². The highest BCUT2D eigenvalue weighted by Gasteiger charge is 2.25. The highest BCUT2D eigenvalue weighted by atomic mass is 35.5. The smallest absolute Gasteiger partial charge is 0.332 e. The molecule has 0 aliphatic carbocycles. The van der Waals surface area contributed by atoms with E-state index in [2.05, 4.69) is 6.92 Å². The van der Waals surface area contributed by atoms with E-state index < -0.39 is 11.2 Å². The maximum atomic E-state index is 12.3. The van der Waals surface area contributed by atoms with Gasteiger partial charge >= 0.3 is 5.69 Å². The van der Waals surface area contributed by atoms with E-state index in [0.717, 1.165) is 10.1 Å². The zero-order valence-corrected chi connectivity index (χ0v) is 15.7. The van der Waals surface area contributed by atoms with Crippen LogP contribution >= 0.6 is 11.6 Å². The lowest BCUT2D eigenvalue weighted by atomic mass is 9.93. The van der Waals surface area contributed by atoms with Gasteiger partial charge in [-0.25, -0.2) is 4.79 Å². The number of likely N-dealkylation sites (N-methyl/N-ethyl adjacent to an activating group) is 1. The molecule has 0 bridgehead atoms. The number of benzene rings is 1. The minimum atomic E-state index is -0.584. The largest absolute Gasteiger partial charge is 0.356 e. The molecule has 0 N–H and O–H groups in total. The summed E-state index contributed by atoms with van der Waals surface area (Å²) in [5.74, 6) is 0.414. The normalized spacial score (nSPS) is 13.2. The number of nitrogens with zero attached hydrogens (tertiary/aromatic N) is 4. The maximum absolute atomic E-state index is 12.3. The van der Waals surface area contributed by atoms with Crippen molar-refractivity contribution in [2.45, 2.75) is 25.8 Å². The van der Waals surface area contributed by atoms with Crippen LogP contribution in [0.15, 0.2) is 33.9 Å². The molecule has 7 heteroatoms. The Kier molecular flexibility index (Phi) is 5.39. The molecule has 0 aliphatic rings.